The highest BCUT2D eigenvalue weighted by molar-refractivity contribution is 5.82. The van der Waals surface area contributed by atoms with Crippen LogP contribution in [0.15, 0.2) is 30.5 Å². The molecule has 2 aliphatic rings. The number of likely N-dealkylation sites (tertiary alicyclic amines) is 1. The van der Waals surface area contributed by atoms with Crippen molar-refractivity contribution < 1.29 is 14.9 Å². The number of aromatic nitrogens is 1. The molecule has 1 spiro atoms. The molecule has 0 amide bonds. The Morgan fingerprint density at radius 3 is 2.87 bits per heavy atom. The predicted molar refractivity (Wildman–Crippen MR) is 88.1 cm³/mol. The maximum absolute atomic E-state index is 10.3. The Bertz CT molecular complexity index is 676. The number of rotatable bonds is 2. The molecule has 124 valence electrons. The number of hydrogen-bond acceptors (Lipinski definition) is 4. The molecule has 2 fully saturated rings. The summed E-state index contributed by atoms with van der Waals surface area (Å²) >= 11 is 0. The van der Waals surface area contributed by atoms with Crippen LogP contribution in [0.5, 0.6) is 0 Å². The van der Waals surface area contributed by atoms with Crippen LogP contribution in [0.4, 0.5) is 0 Å². The summed E-state index contributed by atoms with van der Waals surface area (Å²) in [7, 11) is 0. The molecule has 1 aromatic heterocycles. The van der Waals surface area contributed by atoms with Gasteiger partial charge in [0.05, 0.1) is 18.3 Å². The summed E-state index contributed by atoms with van der Waals surface area (Å²) in [4.78, 5) is 5.66. The molecule has 2 aliphatic heterocycles. The monoisotopic (exact) mass is 316 g/mol. The Hall–Kier alpha value is -1.40. The summed E-state index contributed by atoms with van der Waals surface area (Å²) in [6.07, 6.45) is 2.65. The van der Waals surface area contributed by atoms with Gasteiger partial charge in [-0.1, -0.05) is 12.1 Å². The molecule has 3 N–H and O–H groups in total. The molecular formula is C18H24N2O3. The Labute approximate surface area is 135 Å². The minimum atomic E-state index is -0.758. The van der Waals surface area contributed by atoms with Crippen molar-refractivity contribution in [3.63, 3.8) is 0 Å². The lowest BCUT2D eigenvalue weighted by Crippen LogP contribution is -2.59. The van der Waals surface area contributed by atoms with Crippen molar-refractivity contribution in [2.75, 3.05) is 19.7 Å². The van der Waals surface area contributed by atoms with Crippen molar-refractivity contribution in [3.8, 4) is 0 Å². The molecule has 0 saturated carbocycles. The first-order valence-corrected chi connectivity index (χ1v) is 8.45. The molecule has 1 aromatic carbocycles. The molecule has 0 bridgehead atoms. The first-order chi connectivity index (χ1) is 11.2. The van der Waals surface area contributed by atoms with E-state index >= 15 is 0 Å². The first-order valence-electron chi connectivity index (χ1n) is 8.45. The summed E-state index contributed by atoms with van der Waals surface area (Å²) in [5.41, 5.74) is 1.95. The molecule has 23 heavy (non-hydrogen) atoms. The van der Waals surface area contributed by atoms with E-state index in [4.69, 9.17) is 4.74 Å². The summed E-state index contributed by atoms with van der Waals surface area (Å²) in [6.45, 7) is 3.21. The number of hydrogen-bond donors (Lipinski definition) is 3. The SMILES string of the molecule is O[C@H]1CCOC2(CCN(Cc3cccc4[nH]ccc34)CC2)[C@H]1O. The Morgan fingerprint density at radius 1 is 1.22 bits per heavy atom. The van der Waals surface area contributed by atoms with Gasteiger partial charge in [0.25, 0.3) is 0 Å². The number of nitrogens with zero attached hydrogens (tertiary/aromatic N) is 1. The van der Waals surface area contributed by atoms with Gasteiger partial charge in [0, 0.05) is 36.7 Å². The number of piperidine rings is 1. The predicted octanol–water partition coefficient (Wildman–Crippen LogP) is 1.64. The van der Waals surface area contributed by atoms with Crippen molar-refractivity contribution in [2.45, 2.75) is 43.6 Å². The largest absolute Gasteiger partial charge is 0.390 e. The van der Waals surface area contributed by atoms with Crippen LogP contribution in [-0.2, 0) is 11.3 Å². The zero-order valence-corrected chi connectivity index (χ0v) is 13.2. The number of nitrogens with one attached hydrogen (secondary N) is 1. The zero-order chi connectivity index (χ0) is 15.9. The quantitative estimate of drug-likeness (QED) is 0.788. The molecule has 0 radical (unpaired) electrons. The molecule has 5 heteroatoms. The van der Waals surface area contributed by atoms with Gasteiger partial charge in [0.15, 0.2) is 0 Å². The number of aliphatic hydroxyl groups is 2. The van der Waals surface area contributed by atoms with Crippen molar-refractivity contribution in [1.82, 2.24) is 9.88 Å². The van der Waals surface area contributed by atoms with E-state index in [9.17, 15) is 10.2 Å². The van der Waals surface area contributed by atoms with Crippen LogP contribution >= 0.6 is 0 Å². The summed E-state index contributed by atoms with van der Waals surface area (Å²) in [6, 6.07) is 8.48. The van der Waals surface area contributed by atoms with E-state index < -0.39 is 17.8 Å². The van der Waals surface area contributed by atoms with E-state index in [0.717, 1.165) is 32.5 Å². The van der Waals surface area contributed by atoms with Crippen molar-refractivity contribution in [3.05, 3.63) is 36.0 Å². The van der Waals surface area contributed by atoms with Gasteiger partial charge in [-0.25, -0.2) is 0 Å². The van der Waals surface area contributed by atoms with Crippen molar-refractivity contribution >= 4 is 10.9 Å². The number of H-pyrrole nitrogens is 1. The third-order valence-corrected chi connectivity index (χ3v) is 5.49. The molecular weight excluding hydrogens is 292 g/mol. The molecule has 2 atom stereocenters. The lowest BCUT2D eigenvalue weighted by atomic mass is 9.80. The average Bonchev–Trinajstić information content (AvgIpc) is 3.04. The zero-order valence-electron chi connectivity index (χ0n) is 13.2. The van der Waals surface area contributed by atoms with Gasteiger partial charge < -0.3 is 19.9 Å². The third-order valence-electron chi connectivity index (χ3n) is 5.49. The summed E-state index contributed by atoms with van der Waals surface area (Å²) < 4.78 is 5.90. The van der Waals surface area contributed by atoms with Crippen LogP contribution in [-0.4, -0.2) is 57.6 Å². The maximum atomic E-state index is 10.3. The second-order valence-electron chi connectivity index (χ2n) is 6.85. The topological polar surface area (TPSA) is 68.7 Å². The van der Waals surface area contributed by atoms with Gasteiger partial charge in [-0.3, -0.25) is 4.90 Å². The van der Waals surface area contributed by atoms with Crippen LogP contribution in [0.1, 0.15) is 24.8 Å². The molecule has 5 nitrogen and oxygen atoms in total. The highest BCUT2D eigenvalue weighted by Crippen LogP contribution is 2.36. The number of fused-ring (bicyclic) bond motifs is 1. The van der Waals surface area contributed by atoms with Crippen molar-refractivity contribution in [2.24, 2.45) is 0 Å². The fraction of sp³-hybridized carbons (Fsp3) is 0.556. The number of aromatic amines is 1. The van der Waals surface area contributed by atoms with Gasteiger partial charge in [-0.2, -0.15) is 0 Å². The van der Waals surface area contributed by atoms with E-state index in [2.05, 4.69) is 34.1 Å². The van der Waals surface area contributed by atoms with Gasteiger partial charge in [0.2, 0.25) is 0 Å². The van der Waals surface area contributed by atoms with E-state index in [1.54, 1.807) is 0 Å². The summed E-state index contributed by atoms with van der Waals surface area (Å²) in [5.74, 6) is 0. The first kappa shape index (κ1) is 15.1. The fourth-order valence-electron chi connectivity index (χ4n) is 4.04. The van der Waals surface area contributed by atoms with Crippen LogP contribution in [0.25, 0.3) is 10.9 Å². The van der Waals surface area contributed by atoms with E-state index in [1.165, 1.54) is 16.5 Å². The lowest BCUT2D eigenvalue weighted by molar-refractivity contribution is -0.214. The third kappa shape index (κ3) is 2.68. The van der Waals surface area contributed by atoms with E-state index in [-0.39, 0.29) is 0 Å². The van der Waals surface area contributed by atoms with Gasteiger partial charge in [0.1, 0.15) is 6.10 Å². The highest BCUT2D eigenvalue weighted by Gasteiger charge is 2.47. The van der Waals surface area contributed by atoms with Gasteiger partial charge in [-0.15, -0.1) is 0 Å². The molecule has 0 unspecified atom stereocenters. The normalized spacial score (nSPS) is 28.4. The van der Waals surface area contributed by atoms with Crippen LogP contribution in [0.2, 0.25) is 0 Å². The second kappa shape index (κ2) is 5.91. The van der Waals surface area contributed by atoms with E-state index in [1.807, 2.05) is 6.20 Å². The van der Waals surface area contributed by atoms with Gasteiger partial charge >= 0.3 is 0 Å². The summed E-state index contributed by atoms with van der Waals surface area (Å²) in [5, 5.41) is 21.6. The Morgan fingerprint density at radius 2 is 2.04 bits per heavy atom. The minimum absolute atomic E-state index is 0.530. The Balaban J connectivity index is 1.45. The van der Waals surface area contributed by atoms with E-state index in [0.29, 0.717) is 13.0 Å². The standard InChI is InChI=1S/C18H24N2O3/c21-16-5-11-23-18(17(16)22)6-9-20(10-7-18)12-13-2-1-3-15-14(13)4-8-19-15/h1-4,8,16-17,19,21-22H,5-7,9-12H2/t16-,17-/m0/s1. The number of ether oxygens (including phenoxy) is 1. The number of aliphatic hydroxyl groups excluding tert-OH is 2. The van der Waals surface area contributed by atoms with Crippen LogP contribution in [0, 0.1) is 0 Å². The average molecular weight is 316 g/mol. The van der Waals surface area contributed by atoms with Crippen molar-refractivity contribution in [1.29, 1.82) is 0 Å². The molecule has 2 saturated heterocycles. The molecule has 4 rings (SSSR count). The second-order valence-corrected chi connectivity index (χ2v) is 6.85. The fourth-order valence-corrected chi connectivity index (χ4v) is 4.04. The van der Waals surface area contributed by atoms with Crippen LogP contribution in [0.3, 0.4) is 0 Å². The van der Waals surface area contributed by atoms with Crippen LogP contribution < -0.4 is 0 Å². The smallest absolute Gasteiger partial charge is 0.109 e. The maximum Gasteiger partial charge on any atom is 0.109 e. The lowest BCUT2D eigenvalue weighted by Gasteiger charge is -2.48. The Kier molecular flexibility index (Phi) is 3.89. The highest BCUT2D eigenvalue weighted by atomic mass is 16.5. The molecule has 2 aromatic rings. The minimum Gasteiger partial charge on any atom is -0.390 e. The number of benzene rings is 1. The van der Waals surface area contributed by atoms with Gasteiger partial charge in [-0.05, 0) is 37.0 Å². The molecule has 0 aliphatic carbocycles. The molecule has 3 heterocycles.